The van der Waals surface area contributed by atoms with Crippen LogP contribution in [0, 0.1) is 10.1 Å². The lowest BCUT2D eigenvalue weighted by atomic mass is 10.3. The van der Waals surface area contributed by atoms with Crippen LogP contribution in [0.3, 0.4) is 0 Å². The second-order valence-corrected chi connectivity index (χ2v) is 4.88. The summed E-state index contributed by atoms with van der Waals surface area (Å²) in [6.45, 7) is 0. The summed E-state index contributed by atoms with van der Waals surface area (Å²) in [6, 6.07) is 2.88. The molecule has 0 saturated carbocycles. The molecule has 0 amide bonds. The Morgan fingerprint density at radius 2 is 2.00 bits per heavy atom. The molecule has 1 rings (SSSR count). The van der Waals surface area contributed by atoms with Crippen LogP contribution in [0.2, 0.25) is 0 Å². The van der Waals surface area contributed by atoms with Gasteiger partial charge < -0.3 is 9.42 Å². The van der Waals surface area contributed by atoms with Gasteiger partial charge in [0.1, 0.15) is 0 Å². The fourth-order valence-corrected chi connectivity index (χ4v) is 2.02. The van der Waals surface area contributed by atoms with Gasteiger partial charge in [-0.3, -0.25) is 19.9 Å². The van der Waals surface area contributed by atoms with E-state index in [0.717, 1.165) is 18.2 Å². The molecule has 0 aliphatic heterocycles. The molecule has 17 heavy (non-hydrogen) atoms. The van der Waals surface area contributed by atoms with Crippen molar-refractivity contribution in [2.24, 2.45) is 0 Å². The zero-order valence-electron chi connectivity index (χ0n) is 7.92. The van der Waals surface area contributed by atoms with E-state index in [1.807, 2.05) is 0 Å². The molecule has 1 unspecified atom stereocenters. The van der Waals surface area contributed by atoms with E-state index < -0.39 is 37.5 Å². The summed E-state index contributed by atoms with van der Waals surface area (Å²) in [5.41, 5.74) is -1.01. The van der Waals surface area contributed by atoms with Crippen LogP contribution >= 0.6 is 15.9 Å². The number of nitro groups is 1. The fourth-order valence-electron chi connectivity index (χ4n) is 1.04. The van der Waals surface area contributed by atoms with E-state index in [0.29, 0.717) is 0 Å². The van der Waals surface area contributed by atoms with Gasteiger partial charge >= 0.3 is 21.5 Å². The Morgan fingerprint density at radius 1 is 1.41 bits per heavy atom. The molecule has 0 aromatic heterocycles. The molecule has 92 valence electrons. The molecule has 1 aromatic carbocycles. The summed E-state index contributed by atoms with van der Waals surface area (Å²) < 4.78 is 25.3. The van der Waals surface area contributed by atoms with Gasteiger partial charge in [-0.25, -0.2) is 4.57 Å². The number of nitrogens with zero attached hydrogens (tertiary/aromatic N) is 1. The van der Waals surface area contributed by atoms with Gasteiger partial charge in [0.2, 0.25) is 5.75 Å². The lowest BCUT2D eigenvalue weighted by Crippen LogP contribution is -2.11. The number of phosphoric ester groups is 1. The average molecular weight is 281 g/mol. The van der Waals surface area contributed by atoms with Crippen LogP contribution in [0.25, 0.3) is 0 Å². The van der Waals surface area contributed by atoms with Gasteiger partial charge in [0.15, 0.2) is 0 Å². The van der Waals surface area contributed by atoms with E-state index in [1.54, 1.807) is 0 Å². The third-order valence-electron chi connectivity index (χ3n) is 1.57. The Bertz CT molecular complexity index is 523. The second kappa shape index (κ2) is 4.87. The standard InChI is InChI=1S/C6H5NO8P2/c8-7(9)6-4(15-17(12,13)14)2-1-3-5(6)16(10)11/h1-3H,(H2,12,13,14). The van der Waals surface area contributed by atoms with Gasteiger partial charge in [-0.2, -0.15) is 0 Å². The highest BCUT2D eigenvalue weighted by molar-refractivity contribution is 7.47. The van der Waals surface area contributed by atoms with E-state index in [-0.39, 0.29) is 0 Å². The third kappa shape index (κ3) is 3.55. The van der Waals surface area contributed by atoms with Crippen LogP contribution in [0.15, 0.2) is 18.2 Å². The molecule has 0 bridgehead atoms. The molecule has 0 spiro atoms. The van der Waals surface area contributed by atoms with Gasteiger partial charge in [0, 0.05) is 0 Å². The zero-order chi connectivity index (χ0) is 13.2. The molecular formula is C6H5NO8P2. The summed E-state index contributed by atoms with van der Waals surface area (Å²) in [7, 11) is -8.29. The lowest BCUT2D eigenvalue weighted by molar-refractivity contribution is -0.384. The Kier molecular flexibility index (Phi) is 3.92. The van der Waals surface area contributed by atoms with Crippen molar-refractivity contribution in [2.75, 3.05) is 0 Å². The highest BCUT2D eigenvalue weighted by Crippen LogP contribution is 2.41. The minimum atomic E-state index is -5.01. The van der Waals surface area contributed by atoms with Gasteiger partial charge in [0.05, 0.1) is 4.92 Å². The van der Waals surface area contributed by atoms with Crippen molar-refractivity contribution in [1.82, 2.24) is 0 Å². The van der Waals surface area contributed by atoms with Crippen LogP contribution in [0.1, 0.15) is 0 Å². The number of benzene rings is 1. The minimum Gasteiger partial charge on any atom is -0.591 e. The minimum absolute atomic E-state index is 0.684. The number of nitro benzene ring substituents is 1. The summed E-state index contributed by atoms with van der Waals surface area (Å²) in [5, 5.41) is 9.95. The largest absolute Gasteiger partial charge is 0.591 e. The van der Waals surface area contributed by atoms with Crippen molar-refractivity contribution in [3.05, 3.63) is 28.3 Å². The quantitative estimate of drug-likeness (QED) is 0.437. The number of rotatable bonds is 4. The molecule has 0 aliphatic rings. The number of phosphoric acid groups is 1. The monoisotopic (exact) mass is 281 g/mol. The Balaban J connectivity index is 3.40. The Labute approximate surface area is 94.9 Å². The molecule has 9 nitrogen and oxygen atoms in total. The second-order valence-electron chi connectivity index (χ2n) is 2.72. The fraction of sp³-hybridized carbons (Fsp3) is 0. The molecule has 0 heterocycles. The first-order valence-corrected chi connectivity index (χ1v) is 6.60. The van der Waals surface area contributed by atoms with Gasteiger partial charge in [-0.05, 0) is 12.1 Å². The van der Waals surface area contributed by atoms with E-state index in [2.05, 4.69) is 4.52 Å². The summed E-state index contributed by atoms with van der Waals surface area (Å²) in [4.78, 5) is 37.3. The summed E-state index contributed by atoms with van der Waals surface area (Å²) in [5.74, 6) is -0.806. The van der Waals surface area contributed by atoms with Gasteiger partial charge in [-0.1, -0.05) is 10.6 Å². The van der Waals surface area contributed by atoms with Crippen LogP contribution in [-0.2, 0) is 9.13 Å². The van der Waals surface area contributed by atoms with Gasteiger partial charge in [-0.15, -0.1) is 0 Å². The van der Waals surface area contributed by atoms with Crippen LogP contribution in [0.5, 0.6) is 5.75 Å². The molecule has 11 heteroatoms. The molecular weight excluding hydrogens is 276 g/mol. The molecule has 1 atom stereocenters. The first-order valence-electron chi connectivity index (χ1n) is 3.89. The van der Waals surface area contributed by atoms with Crippen molar-refractivity contribution in [2.45, 2.75) is 0 Å². The molecule has 2 N–H and O–H groups in total. The van der Waals surface area contributed by atoms with Crippen LogP contribution in [-0.4, -0.2) is 14.7 Å². The normalized spacial score (nSPS) is 12.1. The number of para-hydroxylation sites is 1. The van der Waals surface area contributed by atoms with Gasteiger partial charge in [0.25, 0.3) is 5.30 Å². The van der Waals surface area contributed by atoms with Crippen molar-refractivity contribution in [3.8, 4) is 5.75 Å². The highest BCUT2D eigenvalue weighted by Gasteiger charge is 2.32. The number of hydrogen-bond donors (Lipinski definition) is 2. The highest BCUT2D eigenvalue weighted by atomic mass is 31.2. The number of hydrogen-bond acceptors (Lipinski definition) is 6. The Morgan fingerprint density at radius 3 is 2.41 bits per heavy atom. The van der Waals surface area contributed by atoms with E-state index >= 15 is 0 Å². The van der Waals surface area contributed by atoms with Crippen molar-refractivity contribution >= 4 is 26.8 Å². The summed E-state index contributed by atoms with van der Waals surface area (Å²) >= 11 is 0. The SMILES string of the molecule is O=[N+]([O-])c1c(OP(=O)(O)O)cccc1[P+](=O)[O-]. The summed E-state index contributed by atoms with van der Waals surface area (Å²) in [6.07, 6.45) is 0. The molecule has 0 fully saturated rings. The lowest BCUT2D eigenvalue weighted by Gasteiger charge is -2.06. The predicted octanol–water partition coefficient (Wildman–Crippen LogP) is -0.206. The van der Waals surface area contributed by atoms with Crippen molar-refractivity contribution in [3.63, 3.8) is 0 Å². The molecule has 0 saturated heterocycles. The van der Waals surface area contributed by atoms with Crippen molar-refractivity contribution in [1.29, 1.82) is 0 Å². The average Bonchev–Trinajstić information content (AvgIpc) is 2.14. The van der Waals surface area contributed by atoms with Crippen LogP contribution < -0.4 is 14.7 Å². The van der Waals surface area contributed by atoms with E-state index in [1.165, 1.54) is 0 Å². The van der Waals surface area contributed by atoms with E-state index in [9.17, 15) is 24.1 Å². The van der Waals surface area contributed by atoms with E-state index in [4.69, 9.17) is 9.79 Å². The molecule has 1 aromatic rings. The first kappa shape index (κ1) is 13.7. The third-order valence-corrected chi connectivity index (χ3v) is 2.76. The zero-order valence-corrected chi connectivity index (χ0v) is 9.71. The predicted molar refractivity (Wildman–Crippen MR) is 53.0 cm³/mol. The first-order chi connectivity index (χ1) is 7.72. The smallest absolute Gasteiger partial charge is 0.525 e. The maximum absolute atomic E-state index is 10.7. The van der Waals surface area contributed by atoms with Crippen molar-refractivity contribution < 1.29 is 33.3 Å². The maximum atomic E-state index is 10.7. The topological polar surface area (TPSA) is 150 Å². The van der Waals surface area contributed by atoms with Crippen LogP contribution in [0.4, 0.5) is 5.69 Å². The Hall–Kier alpha value is -1.37. The molecule has 0 aliphatic carbocycles. The maximum Gasteiger partial charge on any atom is 0.525 e. The molecule has 0 radical (unpaired) electrons.